The summed E-state index contributed by atoms with van der Waals surface area (Å²) in [5, 5.41) is 9.31. The van der Waals surface area contributed by atoms with E-state index in [1.165, 1.54) is 24.3 Å². The summed E-state index contributed by atoms with van der Waals surface area (Å²) in [6.07, 6.45) is 0.579. The van der Waals surface area contributed by atoms with E-state index in [-0.39, 0.29) is 23.1 Å². The number of benzene rings is 2. The van der Waals surface area contributed by atoms with Gasteiger partial charge in [-0.05, 0) is 43.7 Å². The van der Waals surface area contributed by atoms with E-state index in [4.69, 9.17) is 9.47 Å². The minimum absolute atomic E-state index is 0.0358. The zero-order chi connectivity index (χ0) is 19.3. The highest BCUT2D eigenvalue weighted by Gasteiger charge is 2.21. The van der Waals surface area contributed by atoms with Crippen molar-refractivity contribution in [2.24, 2.45) is 0 Å². The SMILES string of the molecule is CCCC(=O)Oc1ccc(-c2cc(OCC)ccc2C(=O)O)c(F)c1F. The topological polar surface area (TPSA) is 72.8 Å². The number of rotatable bonds is 7. The van der Waals surface area contributed by atoms with Crippen LogP contribution in [0.5, 0.6) is 11.5 Å². The van der Waals surface area contributed by atoms with Gasteiger partial charge in [0.15, 0.2) is 11.6 Å². The Kier molecular flexibility index (Phi) is 6.27. The van der Waals surface area contributed by atoms with Crippen molar-refractivity contribution in [3.05, 3.63) is 47.5 Å². The molecule has 0 fully saturated rings. The predicted octanol–water partition coefficient (Wildman–Crippen LogP) is 4.43. The van der Waals surface area contributed by atoms with Crippen molar-refractivity contribution in [1.82, 2.24) is 0 Å². The predicted molar refractivity (Wildman–Crippen MR) is 90.5 cm³/mol. The molecule has 0 aliphatic carbocycles. The van der Waals surface area contributed by atoms with Crippen LogP contribution in [0.4, 0.5) is 8.78 Å². The van der Waals surface area contributed by atoms with Crippen LogP contribution in [0.1, 0.15) is 37.0 Å². The van der Waals surface area contributed by atoms with E-state index < -0.39 is 29.3 Å². The number of hydrogen-bond acceptors (Lipinski definition) is 4. The Balaban J connectivity index is 2.51. The number of ether oxygens (including phenoxy) is 2. The highest BCUT2D eigenvalue weighted by Crippen LogP contribution is 2.34. The molecular formula is C19H18F2O5. The Morgan fingerprint density at radius 3 is 2.38 bits per heavy atom. The molecule has 0 bridgehead atoms. The number of carbonyl (C=O) groups is 2. The zero-order valence-corrected chi connectivity index (χ0v) is 14.3. The molecule has 0 atom stereocenters. The third kappa shape index (κ3) is 4.17. The maximum absolute atomic E-state index is 14.5. The Morgan fingerprint density at radius 1 is 1.04 bits per heavy atom. The van der Waals surface area contributed by atoms with Crippen LogP contribution < -0.4 is 9.47 Å². The molecule has 5 nitrogen and oxygen atoms in total. The molecule has 0 aliphatic rings. The fourth-order valence-corrected chi connectivity index (χ4v) is 2.39. The Labute approximate surface area is 149 Å². The number of halogens is 2. The second-order valence-corrected chi connectivity index (χ2v) is 5.41. The lowest BCUT2D eigenvalue weighted by atomic mass is 9.98. The summed E-state index contributed by atoms with van der Waals surface area (Å²) in [6, 6.07) is 6.29. The van der Waals surface area contributed by atoms with E-state index in [9.17, 15) is 23.5 Å². The molecule has 26 heavy (non-hydrogen) atoms. The van der Waals surface area contributed by atoms with Gasteiger partial charge in [-0.2, -0.15) is 4.39 Å². The normalized spacial score (nSPS) is 10.5. The van der Waals surface area contributed by atoms with Gasteiger partial charge in [0.25, 0.3) is 0 Å². The molecule has 1 N–H and O–H groups in total. The molecule has 0 heterocycles. The third-order valence-electron chi connectivity index (χ3n) is 3.55. The smallest absolute Gasteiger partial charge is 0.336 e. The van der Waals surface area contributed by atoms with Crippen molar-refractivity contribution in [2.75, 3.05) is 6.61 Å². The van der Waals surface area contributed by atoms with Crippen molar-refractivity contribution in [1.29, 1.82) is 0 Å². The van der Waals surface area contributed by atoms with Gasteiger partial charge < -0.3 is 14.6 Å². The maximum Gasteiger partial charge on any atom is 0.336 e. The van der Waals surface area contributed by atoms with E-state index in [0.29, 0.717) is 18.8 Å². The summed E-state index contributed by atoms with van der Waals surface area (Å²) < 4.78 is 38.9. The van der Waals surface area contributed by atoms with Gasteiger partial charge in [0.2, 0.25) is 5.82 Å². The van der Waals surface area contributed by atoms with Crippen LogP contribution in [-0.4, -0.2) is 23.7 Å². The van der Waals surface area contributed by atoms with Gasteiger partial charge >= 0.3 is 11.9 Å². The summed E-state index contributed by atoms with van der Waals surface area (Å²) in [5.74, 6) is -4.84. The molecular weight excluding hydrogens is 346 g/mol. The van der Waals surface area contributed by atoms with Crippen LogP contribution >= 0.6 is 0 Å². The number of carboxylic acid groups (broad SMARTS) is 1. The molecule has 0 amide bonds. The lowest BCUT2D eigenvalue weighted by Gasteiger charge is -2.13. The van der Waals surface area contributed by atoms with Gasteiger partial charge in [-0.3, -0.25) is 4.79 Å². The van der Waals surface area contributed by atoms with E-state index in [0.717, 1.165) is 6.07 Å². The first kappa shape index (κ1) is 19.4. The summed E-state index contributed by atoms with van der Waals surface area (Å²) in [5.41, 5.74) is -0.509. The molecule has 0 saturated carbocycles. The first-order chi connectivity index (χ1) is 12.4. The van der Waals surface area contributed by atoms with Gasteiger partial charge in [0.05, 0.1) is 12.2 Å². The van der Waals surface area contributed by atoms with Crippen molar-refractivity contribution >= 4 is 11.9 Å². The molecule has 2 aromatic carbocycles. The largest absolute Gasteiger partial charge is 0.494 e. The number of carboxylic acids is 1. The van der Waals surface area contributed by atoms with E-state index in [1.807, 2.05) is 0 Å². The Hall–Kier alpha value is -2.96. The van der Waals surface area contributed by atoms with Gasteiger partial charge in [-0.15, -0.1) is 0 Å². The summed E-state index contributed by atoms with van der Waals surface area (Å²) in [4.78, 5) is 22.9. The molecule has 0 radical (unpaired) electrons. The molecule has 0 unspecified atom stereocenters. The van der Waals surface area contributed by atoms with E-state index in [1.54, 1.807) is 13.8 Å². The average molecular weight is 364 g/mol. The van der Waals surface area contributed by atoms with Crippen molar-refractivity contribution in [3.63, 3.8) is 0 Å². The summed E-state index contributed by atoms with van der Waals surface area (Å²) in [6.45, 7) is 3.82. The van der Waals surface area contributed by atoms with Crippen LogP contribution in [0, 0.1) is 11.6 Å². The van der Waals surface area contributed by atoms with Gasteiger partial charge in [0, 0.05) is 17.5 Å². The van der Waals surface area contributed by atoms with Gasteiger partial charge in [-0.1, -0.05) is 6.92 Å². The highest BCUT2D eigenvalue weighted by molar-refractivity contribution is 5.96. The second kappa shape index (κ2) is 8.42. The van der Waals surface area contributed by atoms with Crippen LogP contribution in [0.15, 0.2) is 30.3 Å². The minimum atomic E-state index is -1.36. The number of aromatic carboxylic acids is 1. The number of hydrogen-bond donors (Lipinski definition) is 1. The zero-order valence-electron chi connectivity index (χ0n) is 14.3. The standard InChI is InChI=1S/C19H18F2O5/c1-3-5-16(22)26-15-9-8-12(17(20)18(15)21)14-10-11(25-4-2)6-7-13(14)19(23)24/h6-10H,3-5H2,1-2H3,(H,23,24). The van der Waals surface area contributed by atoms with Crippen LogP contribution in [0.3, 0.4) is 0 Å². The van der Waals surface area contributed by atoms with Crippen LogP contribution in [0.2, 0.25) is 0 Å². The lowest BCUT2D eigenvalue weighted by Crippen LogP contribution is -2.09. The Morgan fingerprint density at radius 2 is 1.77 bits per heavy atom. The molecule has 0 aromatic heterocycles. The summed E-state index contributed by atoms with van der Waals surface area (Å²) in [7, 11) is 0. The Bertz CT molecular complexity index is 833. The fourth-order valence-electron chi connectivity index (χ4n) is 2.39. The molecule has 2 rings (SSSR count). The van der Waals surface area contributed by atoms with Crippen molar-refractivity contribution in [3.8, 4) is 22.6 Å². The highest BCUT2D eigenvalue weighted by atomic mass is 19.2. The molecule has 0 aliphatic heterocycles. The fraction of sp³-hybridized carbons (Fsp3) is 0.263. The molecule has 7 heteroatoms. The van der Waals surface area contributed by atoms with Gasteiger partial charge in [0.1, 0.15) is 5.75 Å². The third-order valence-corrected chi connectivity index (χ3v) is 3.55. The molecule has 0 saturated heterocycles. The van der Waals surface area contributed by atoms with Crippen molar-refractivity contribution in [2.45, 2.75) is 26.7 Å². The lowest BCUT2D eigenvalue weighted by molar-refractivity contribution is -0.134. The first-order valence-corrected chi connectivity index (χ1v) is 8.08. The molecule has 2 aromatic rings. The number of esters is 1. The molecule has 138 valence electrons. The first-order valence-electron chi connectivity index (χ1n) is 8.08. The summed E-state index contributed by atoms with van der Waals surface area (Å²) >= 11 is 0. The maximum atomic E-state index is 14.5. The quantitative estimate of drug-likeness (QED) is 0.581. The van der Waals surface area contributed by atoms with Crippen LogP contribution in [0.25, 0.3) is 11.1 Å². The molecule has 0 spiro atoms. The average Bonchev–Trinajstić information content (AvgIpc) is 2.59. The minimum Gasteiger partial charge on any atom is -0.494 e. The van der Waals surface area contributed by atoms with Gasteiger partial charge in [-0.25, -0.2) is 9.18 Å². The van der Waals surface area contributed by atoms with Crippen LogP contribution in [-0.2, 0) is 4.79 Å². The second-order valence-electron chi connectivity index (χ2n) is 5.41. The number of carbonyl (C=O) groups excluding carboxylic acids is 1. The van der Waals surface area contributed by atoms with E-state index in [2.05, 4.69) is 0 Å². The monoisotopic (exact) mass is 364 g/mol. The van der Waals surface area contributed by atoms with Crippen molar-refractivity contribution < 1.29 is 33.0 Å². The van der Waals surface area contributed by atoms with E-state index >= 15 is 0 Å².